The Labute approximate surface area is 660 Å². The van der Waals surface area contributed by atoms with Gasteiger partial charge < -0.3 is 66.2 Å². The molecule has 0 saturated carbocycles. The maximum Gasteiger partial charge on any atom is 0.446 e. The predicted octanol–water partition coefficient (Wildman–Crippen LogP) is 12.4. The van der Waals surface area contributed by atoms with Gasteiger partial charge in [0.1, 0.15) is 42.7 Å². The van der Waals surface area contributed by atoms with Gasteiger partial charge in [-0.3, -0.25) is 33.6 Å². The number of carboxylic acids is 1. The van der Waals surface area contributed by atoms with Gasteiger partial charge >= 0.3 is 54.5 Å². The lowest BCUT2D eigenvalue weighted by atomic mass is 9.94. The van der Waals surface area contributed by atoms with Crippen LogP contribution >= 0.6 is 0 Å². The number of carbonyl (C=O) groups is 13. The number of hydrogen-bond donors (Lipinski definition) is 8. The van der Waals surface area contributed by atoms with Gasteiger partial charge in [-0.2, -0.15) is 13.2 Å². The molecule has 29 nitrogen and oxygen atoms in total. The van der Waals surface area contributed by atoms with E-state index in [-0.39, 0.29) is 99.2 Å². The first kappa shape index (κ1) is 91.3. The zero-order valence-corrected chi connectivity index (χ0v) is 62.7. The van der Waals surface area contributed by atoms with Gasteiger partial charge in [0, 0.05) is 93.7 Å². The highest BCUT2D eigenvalue weighted by Crippen LogP contribution is 2.51. The Morgan fingerprint density at radius 2 is 0.914 bits per heavy atom. The molecule has 116 heavy (non-hydrogen) atoms. The van der Waals surface area contributed by atoms with Crippen LogP contribution in [0.25, 0.3) is 0 Å². The number of nitrogens with zero attached hydrogens (tertiary/aromatic N) is 4. The number of fused-ring (bicyclic) bond motifs is 6. The molecule has 3 aliphatic carbocycles. The molecule has 0 bridgehead atoms. The molecule has 630 valence electrons. The number of aldehydes is 1. The fourth-order valence-electron chi connectivity index (χ4n) is 14.3. The molecule has 7 atom stereocenters. The van der Waals surface area contributed by atoms with E-state index < -0.39 is 173 Å². The van der Waals surface area contributed by atoms with E-state index in [4.69, 9.17) is 30.2 Å². The first-order valence-corrected chi connectivity index (χ1v) is 35.3. The molecule has 8 N–H and O–H groups in total. The number of aryl methyl sites for hydroxylation is 3. The number of aliphatic carboxylic acids is 1. The number of amides is 13. The van der Waals surface area contributed by atoms with Gasteiger partial charge in [-0.15, -0.1) is 0 Å². The number of alkyl halides is 3. The minimum absolute atomic E-state index is 0. The van der Waals surface area contributed by atoms with Crippen molar-refractivity contribution >= 4 is 95.3 Å². The van der Waals surface area contributed by atoms with Crippen LogP contribution < -0.4 is 37.2 Å². The molecule has 13 amide bonds. The van der Waals surface area contributed by atoms with Gasteiger partial charge in [-0.25, -0.2) is 74.2 Å². The van der Waals surface area contributed by atoms with Crippen molar-refractivity contribution in [3.05, 3.63) is 158 Å². The highest BCUT2D eigenvalue weighted by molar-refractivity contribution is 6.08. The third-order valence-electron chi connectivity index (χ3n) is 19.1. The van der Waals surface area contributed by atoms with Gasteiger partial charge in [-0.1, -0.05) is 40.8 Å². The molecule has 5 aliphatic heterocycles. The number of anilines is 3. The summed E-state index contributed by atoms with van der Waals surface area (Å²) in [7, 11) is 4.23. The van der Waals surface area contributed by atoms with E-state index in [1.807, 2.05) is 0 Å². The number of carboxylic acid groups (broad SMARTS) is 1. The van der Waals surface area contributed by atoms with Crippen molar-refractivity contribution in [2.75, 3.05) is 56.7 Å². The Hall–Kier alpha value is -11.9. The van der Waals surface area contributed by atoms with Gasteiger partial charge in [0.15, 0.2) is 23.3 Å². The number of urea groups is 3. The molecule has 5 aromatic rings. The highest BCUT2D eigenvalue weighted by atomic mass is 19.4. The monoisotopic (exact) mass is 1650 g/mol. The molecule has 0 aromatic heterocycles. The topological polar surface area (TPSA) is 376 Å². The minimum Gasteiger partial charge on any atom is -0.480 e. The number of ether oxygens (including phenoxy) is 4. The van der Waals surface area contributed by atoms with Crippen LogP contribution in [0, 0.1) is 40.7 Å². The standard InChI is InChI=1S/C26H25F3N4O5.C19H22FN3O6.C15H14FN3O6.C11H13F2N.C2HF3O.C2H6.2CH4/c1-13-3-6-20(14-4-5-17(27)18(28)10-14)33(13)21(34)12-32-23(35)26(38-25(32)37)8-7-15-9-16(31-24(36)30-2)11-19(29)22(15)26;1-18(2,3)28-13(24)9-23-15(25)19(29-17(23)27)6-5-10-7-11(22-16(26)21-4)8-12(20)14(10)19;1-17-13(23)18-8-4-7-2-3-15(11(7)9(16)5-8)12(22)19(6-10(20)21)14(24)25-15;1-7-2-5-11(14-7)8-3-4-9(12)10(13)6-8;3-2(4,5)1-6;1-2;;/h4-5,9-11,13,20H,3,6-8,12H2,1-2H3,(H2,30,31,36);7-8H,5-6,9H2,1-4H3,(H2,21,22,26);4-5H,2-3,6H2,1H3,(H,20,21)(H2,17,18,23);3-4,6-7,11,14H,2,5H2,1H3;1H;1-2H3;2*1H4/t13-,20-,26+;19-;15-;7-,11-;;;;/m0110..../s1/i;;;;;1D;;. The van der Waals surface area contributed by atoms with Crippen molar-refractivity contribution < 1.29 is 132 Å². The average Bonchev–Trinajstić information content (AvgIpc) is 1.58. The highest BCUT2D eigenvalue weighted by Gasteiger charge is 2.63. The van der Waals surface area contributed by atoms with Crippen LogP contribution in [0.15, 0.2) is 72.8 Å². The SMILES string of the molecule is C.C.CNC(=O)Nc1cc(F)c2c(c1)CC[C@@]21OC(=O)N(CC(=O)N2[C@@H](C)CC[C@H]2c2ccc(F)c(F)c2)C1=O.CNC(=O)Nc1cc(F)c2c(c1)CC[C@@]21OC(=O)N(CC(=O)O)C1=O.CNC(=O)Nc1cc(F)c2c(c1)CC[C@@]21OC(=O)N(CC(=O)OC(C)(C)C)C1=O.C[C@H]1CC[C@@H](c2ccc(F)c(F)c2)N1.O=CC(F)(F)F.[2H]CC. The number of imide groups is 3. The molecular formula is C77H89F10N11O18. The minimum atomic E-state index is -4.64. The van der Waals surface area contributed by atoms with Crippen LogP contribution in [-0.4, -0.2) is 168 Å². The number of esters is 1. The van der Waals surface area contributed by atoms with Crippen LogP contribution in [0.3, 0.4) is 0 Å². The number of rotatable bonds is 11. The van der Waals surface area contributed by atoms with Crippen LogP contribution in [0.1, 0.15) is 166 Å². The van der Waals surface area contributed by atoms with E-state index in [1.54, 1.807) is 40.7 Å². The van der Waals surface area contributed by atoms with Gasteiger partial charge in [-0.05, 0) is 168 Å². The van der Waals surface area contributed by atoms with Gasteiger partial charge in [0.05, 0.1) is 6.04 Å². The van der Waals surface area contributed by atoms with Crippen LogP contribution in [0.5, 0.6) is 0 Å². The van der Waals surface area contributed by atoms with Crippen LogP contribution in [0.4, 0.5) is 89.7 Å². The third kappa shape index (κ3) is 20.2. The summed E-state index contributed by atoms with van der Waals surface area (Å²) in [6.45, 7) is 9.03. The number of hydrogen-bond acceptors (Lipinski definition) is 18. The van der Waals surface area contributed by atoms with Crippen molar-refractivity contribution in [3.8, 4) is 0 Å². The lowest BCUT2D eigenvalue weighted by Gasteiger charge is -2.30. The van der Waals surface area contributed by atoms with Gasteiger partial charge in [0.2, 0.25) is 29.0 Å². The lowest BCUT2D eigenvalue weighted by molar-refractivity contribution is -0.157. The quantitative estimate of drug-likeness (QED) is 0.0263. The van der Waals surface area contributed by atoms with Crippen molar-refractivity contribution in [1.29, 1.82) is 0 Å². The normalized spacial score (nSPS) is 21.6. The zero-order chi connectivity index (χ0) is 85.3. The van der Waals surface area contributed by atoms with Crippen molar-refractivity contribution in [3.63, 3.8) is 0 Å². The second kappa shape index (κ2) is 37.6. The Balaban J connectivity index is 0.000000241. The molecule has 8 aliphatic rings. The molecule has 0 unspecified atom stereocenters. The van der Waals surface area contributed by atoms with E-state index in [9.17, 15) is 97.0 Å². The van der Waals surface area contributed by atoms with E-state index >= 15 is 4.39 Å². The number of benzene rings is 5. The van der Waals surface area contributed by atoms with Crippen LogP contribution in [0.2, 0.25) is 0 Å². The Kier molecular flexibility index (Phi) is 29.6. The Morgan fingerprint density at radius 3 is 1.25 bits per heavy atom. The van der Waals surface area contributed by atoms with Gasteiger partial charge in [0.25, 0.3) is 17.7 Å². The Morgan fingerprint density at radius 1 is 0.552 bits per heavy atom. The van der Waals surface area contributed by atoms with Crippen molar-refractivity contribution in [2.45, 2.75) is 180 Å². The lowest BCUT2D eigenvalue weighted by Crippen LogP contribution is -2.46. The third-order valence-corrected chi connectivity index (χ3v) is 19.1. The van der Waals surface area contributed by atoms with Crippen LogP contribution in [-0.2, 0) is 88.6 Å². The second-order valence-electron chi connectivity index (χ2n) is 27.8. The molecule has 13 rings (SSSR count). The van der Waals surface area contributed by atoms with Crippen molar-refractivity contribution in [1.82, 2.24) is 40.9 Å². The van der Waals surface area contributed by atoms with E-state index in [1.165, 1.54) is 62.4 Å². The van der Waals surface area contributed by atoms with E-state index in [0.29, 0.717) is 62.7 Å². The fourth-order valence-corrected chi connectivity index (χ4v) is 14.3. The van der Waals surface area contributed by atoms with E-state index in [2.05, 4.69) is 44.1 Å². The summed E-state index contributed by atoms with van der Waals surface area (Å²) in [4.78, 5) is 159. The summed E-state index contributed by atoms with van der Waals surface area (Å²) < 4.78 is 156. The second-order valence-corrected chi connectivity index (χ2v) is 27.8. The molecular weight excluding hydrogens is 1560 g/mol. The summed E-state index contributed by atoms with van der Waals surface area (Å²) in [5, 5.41) is 26.5. The summed E-state index contributed by atoms with van der Waals surface area (Å²) in [5.74, 6) is -11.3. The zero-order valence-electron chi connectivity index (χ0n) is 63.7. The fraction of sp³-hybridized carbons (Fsp3) is 0.442. The number of halogens is 10. The molecule has 5 saturated heterocycles. The molecule has 5 fully saturated rings. The first-order valence-electron chi connectivity index (χ1n) is 36.0. The average molecular weight is 1650 g/mol. The number of nitrogens with one attached hydrogen (secondary N) is 7. The molecule has 39 heteroatoms. The molecule has 3 spiro atoms. The first-order chi connectivity index (χ1) is 53.9. The summed E-state index contributed by atoms with van der Waals surface area (Å²) in [6, 6.07) is 13.4. The van der Waals surface area contributed by atoms with Crippen molar-refractivity contribution in [2.24, 2.45) is 0 Å². The largest absolute Gasteiger partial charge is 0.480 e. The molecule has 5 aromatic carbocycles. The maximum atomic E-state index is 15.2. The predicted molar refractivity (Wildman–Crippen MR) is 394 cm³/mol. The van der Waals surface area contributed by atoms with E-state index in [0.717, 1.165) is 48.7 Å². The molecule has 5 heterocycles. The molecule has 0 radical (unpaired) electrons. The smallest absolute Gasteiger partial charge is 0.446 e. The summed E-state index contributed by atoms with van der Waals surface area (Å²) >= 11 is 0. The number of likely N-dealkylation sites (tertiary alicyclic amines) is 1. The summed E-state index contributed by atoms with van der Waals surface area (Å²) in [5.41, 5.74) is -3.54. The maximum absolute atomic E-state index is 15.2. The Bertz CT molecular complexity index is 4690. The summed E-state index contributed by atoms with van der Waals surface area (Å²) in [6.07, 6.45) is -5.04. The number of carbonyl (C=O) groups excluding carboxylic acids is 12.